The standard InChI is InChI=1S/C14H13F3N2O2S/c1-2-3-4-10-8-22-13(18-10)11-6-5-9(14(15,16)17)7-12(11)19(20)21/h5-8H,2-4H2,1H3. The minimum atomic E-state index is -4.61. The molecule has 0 N–H and O–H groups in total. The molecule has 0 amide bonds. The van der Waals surface area contributed by atoms with Crippen LogP contribution < -0.4 is 0 Å². The second-order valence-electron chi connectivity index (χ2n) is 4.73. The Kier molecular flexibility index (Phi) is 4.80. The van der Waals surface area contributed by atoms with E-state index in [2.05, 4.69) is 4.98 Å². The van der Waals surface area contributed by atoms with Gasteiger partial charge in [0, 0.05) is 11.4 Å². The van der Waals surface area contributed by atoms with Crippen LogP contribution in [0.25, 0.3) is 10.6 Å². The first-order valence-electron chi connectivity index (χ1n) is 6.63. The van der Waals surface area contributed by atoms with Crippen molar-refractivity contribution in [3.8, 4) is 10.6 Å². The van der Waals surface area contributed by atoms with Gasteiger partial charge in [-0.05, 0) is 25.0 Å². The maximum atomic E-state index is 12.7. The van der Waals surface area contributed by atoms with Gasteiger partial charge in [-0.25, -0.2) is 4.98 Å². The Labute approximate surface area is 128 Å². The van der Waals surface area contributed by atoms with Crippen LogP contribution >= 0.6 is 11.3 Å². The van der Waals surface area contributed by atoms with Gasteiger partial charge in [0.1, 0.15) is 5.01 Å². The molecule has 2 rings (SSSR count). The second kappa shape index (κ2) is 6.43. The smallest absolute Gasteiger partial charge is 0.258 e. The van der Waals surface area contributed by atoms with Crippen LogP contribution in [-0.2, 0) is 12.6 Å². The Morgan fingerprint density at radius 2 is 2.09 bits per heavy atom. The van der Waals surface area contributed by atoms with E-state index in [1.54, 1.807) is 5.38 Å². The number of benzene rings is 1. The van der Waals surface area contributed by atoms with Crippen molar-refractivity contribution in [2.24, 2.45) is 0 Å². The third-order valence-electron chi connectivity index (χ3n) is 3.09. The van der Waals surface area contributed by atoms with Crippen molar-refractivity contribution in [3.05, 3.63) is 45.0 Å². The van der Waals surface area contributed by atoms with Gasteiger partial charge >= 0.3 is 6.18 Å². The number of hydrogen-bond acceptors (Lipinski definition) is 4. The van der Waals surface area contributed by atoms with Crippen LogP contribution in [0.15, 0.2) is 23.6 Å². The molecule has 0 aliphatic carbocycles. The van der Waals surface area contributed by atoms with E-state index >= 15 is 0 Å². The van der Waals surface area contributed by atoms with Gasteiger partial charge in [-0.2, -0.15) is 13.2 Å². The van der Waals surface area contributed by atoms with E-state index in [-0.39, 0.29) is 5.56 Å². The van der Waals surface area contributed by atoms with E-state index in [9.17, 15) is 23.3 Å². The number of halogens is 3. The van der Waals surface area contributed by atoms with Crippen LogP contribution in [0.1, 0.15) is 31.0 Å². The largest absolute Gasteiger partial charge is 0.416 e. The first kappa shape index (κ1) is 16.4. The summed E-state index contributed by atoms with van der Waals surface area (Å²) in [6, 6.07) is 2.52. The average Bonchev–Trinajstić information content (AvgIpc) is 2.92. The first-order valence-corrected chi connectivity index (χ1v) is 7.51. The van der Waals surface area contributed by atoms with E-state index < -0.39 is 22.4 Å². The van der Waals surface area contributed by atoms with Crippen LogP contribution in [0.4, 0.5) is 18.9 Å². The molecular formula is C14H13F3N2O2S. The Morgan fingerprint density at radius 3 is 2.68 bits per heavy atom. The molecule has 0 saturated carbocycles. The van der Waals surface area contributed by atoms with Crippen molar-refractivity contribution in [1.82, 2.24) is 4.98 Å². The number of aryl methyl sites for hydroxylation is 1. The number of alkyl halides is 3. The topological polar surface area (TPSA) is 56.0 Å². The summed E-state index contributed by atoms with van der Waals surface area (Å²) in [6.07, 6.45) is -1.93. The molecule has 2 aromatic rings. The predicted octanol–water partition coefficient (Wildman–Crippen LogP) is 5.08. The third kappa shape index (κ3) is 3.62. The van der Waals surface area contributed by atoms with Crippen LogP contribution in [0.3, 0.4) is 0 Å². The van der Waals surface area contributed by atoms with Gasteiger partial charge in [0.25, 0.3) is 5.69 Å². The fourth-order valence-electron chi connectivity index (χ4n) is 1.94. The lowest BCUT2D eigenvalue weighted by Gasteiger charge is -2.07. The van der Waals surface area contributed by atoms with Gasteiger partial charge in [-0.1, -0.05) is 13.3 Å². The predicted molar refractivity (Wildman–Crippen MR) is 77.8 cm³/mol. The van der Waals surface area contributed by atoms with Gasteiger partial charge in [0.05, 0.1) is 21.7 Å². The summed E-state index contributed by atoms with van der Waals surface area (Å²) in [5.41, 5.74) is -0.696. The number of thiazole rings is 1. The molecule has 1 aromatic heterocycles. The molecule has 0 aliphatic rings. The molecule has 0 atom stereocenters. The number of aromatic nitrogens is 1. The maximum Gasteiger partial charge on any atom is 0.416 e. The van der Waals surface area contributed by atoms with Crippen molar-refractivity contribution in [3.63, 3.8) is 0 Å². The minimum absolute atomic E-state index is 0.116. The number of nitro benzene ring substituents is 1. The highest BCUT2D eigenvalue weighted by Crippen LogP contribution is 2.37. The minimum Gasteiger partial charge on any atom is -0.258 e. The molecule has 8 heteroatoms. The second-order valence-corrected chi connectivity index (χ2v) is 5.59. The van der Waals surface area contributed by atoms with Crippen molar-refractivity contribution in [2.45, 2.75) is 32.4 Å². The van der Waals surface area contributed by atoms with Gasteiger partial charge in [-0.15, -0.1) is 11.3 Å². The van der Waals surface area contributed by atoms with E-state index in [1.807, 2.05) is 6.92 Å². The molecule has 0 saturated heterocycles. The fourth-order valence-corrected chi connectivity index (χ4v) is 2.83. The molecule has 0 fully saturated rings. The van der Waals surface area contributed by atoms with E-state index in [1.165, 1.54) is 11.3 Å². The Bertz CT molecular complexity index is 683. The highest BCUT2D eigenvalue weighted by atomic mass is 32.1. The van der Waals surface area contributed by atoms with Gasteiger partial charge in [-0.3, -0.25) is 10.1 Å². The summed E-state index contributed by atoms with van der Waals surface area (Å²) < 4.78 is 38.0. The maximum absolute atomic E-state index is 12.7. The average molecular weight is 330 g/mol. The first-order chi connectivity index (χ1) is 10.3. The normalized spacial score (nSPS) is 11.6. The lowest BCUT2D eigenvalue weighted by atomic mass is 10.1. The van der Waals surface area contributed by atoms with Gasteiger partial charge < -0.3 is 0 Å². The Hall–Kier alpha value is -1.96. The third-order valence-corrected chi connectivity index (χ3v) is 4.01. The molecule has 4 nitrogen and oxygen atoms in total. The highest BCUT2D eigenvalue weighted by Gasteiger charge is 2.33. The summed E-state index contributed by atoms with van der Waals surface area (Å²) in [5, 5.41) is 13.2. The molecule has 0 spiro atoms. The molecular weight excluding hydrogens is 317 g/mol. The zero-order chi connectivity index (χ0) is 16.3. The summed E-state index contributed by atoms with van der Waals surface area (Å²) in [7, 11) is 0. The molecule has 1 aromatic carbocycles. The molecule has 0 aliphatic heterocycles. The number of rotatable bonds is 5. The summed E-state index contributed by atoms with van der Waals surface area (Å²) >= 11 is 1.20. The number of unbranched alkanes of at least 4 members (excludes halogenated alkanes) is 1. The highest BCUT2D eigenvalue weighted by molar-refractivity contribution is 7.13. The lowest BCUT2D eigenvalue weighted by Crippen LogP contribution is -2.06. The van der Waals surface area contributed by atoms with Crippen LogP contribution in [0, 0.1) is 10.1 Å². The molecule has 22 heavy (non-hydrogen) atoms. The van der Waals surface area contributed by atoms with Crippen molar-refractivity contribution in [1.29, 1.82) is 0 Å². The molecule has 0 radical (unpaired) electrons. The van der Waals surface area contributed by atoms with Crippen molar-refractivity contribution < 1.29 is 18.1 Å². The van der Waals surface area contributed by atoms with Crippen molar-refractivity contribution in [2.75, 3.05) is 0 Å². The summed E-state index contributed by atoms with van der Waals surface area (Å²) in [5.74, 6) is 0. The van der Waals surface area contributed by atoms with Crippen molar-refractivity contribution >= 4 is 17.0 Å². The summed E-state index contributed by atoms with van der Waals surface area (Å²) in [6.45, 7) is 2.04. The van der Waals surface area contributed by atoms with Crippen LogP contribution in [0.5, 0.6) is 0 Å². The van der Waals surface area contributed by atoms with Crippen LogP contribution in [0.2, 0.25) is 0 Å². The monoisotopic (exact) mass is 330 g/mol. The van der Waals surface area contributed by atoms with Crippen LogP contribution in [-0.4, -0.2) is 9.91 Å². The molecule has 0 bridgehead atoms. The van der Waals surface area contributed by atoms with Gasteiger partial charge in [0.15, 0.2) is 0 Å². The van der Waals surface area contributed by atoms with E-state index in [0.717, 1.165) is 37.1 Å². The Balaban J connectivity index is 2.42. The number of nitrogens with zero attached hydrogens (tertiary/aromatic N) is 2. The zero-order valence-electron chi connectivity index (χ0n) is 11.7. The summed E-state index contributed by atoms with van der Waals surface area (Å²) in [4.78, 5) is 14.5. The quantitative estimate of drug-likeness (QED) is 0.567. The fraction of sp³-hybridized carbons (Fsp3) is 0.357. The Morgan fingerprint density at radius 1 is 1.36 bits per heavy atom. The SMILES string of the molecule is CCCCc1csc(-c2ccc(C(F)(F)F)cc2[N+](=O)[O-])n1. The molecule has 118 valence electrons. The lowest BCUT2D eigenvalue weighted by molar-refractivity contribution is -0.384. The number of hydrogen-bond donors (Lipinski definition) is 0. The van der Waals surface area contributed by atoms with E-state index in [4.69, 9.17) is 0 Å². The molecule has 1 heterocycles. The molecule has 0 unspecified atom stereocenters. The van der Waals surface area contributed by atoms with E-state index in [0.29, 0.717) is 11.1 Å². The number of nitro groups is 1. The zero-order valence-corrected chi connectivity index (χ0v) is 12.5. The van der Waals surface area contributed by atoms with Gasteiger partial charge in [0.2, 0.25) is 0 Å².